The van der Waals surface area contributed by atoms with Gasteiger partial charge in [-0.3, -0.25) is 0 Å². The molecule has 27 heavy (non-hydrogen) atoms. The number of benzene rings is 1. The molecular formula is C23H28N4. The van der Waals surface area contributed by atoms with Crippen molar-refractivity contribution in [2.45, 2.75) is 60.9 Å². The monoisotopic (exact) mass is 360 g/mol. The van der Waals surface area contributed by atoms with E-state index < -0.39 is 0 Å². The van der Waals surface area contributed by atoms with E-state index in [-0.39, 0.29) is 0 Å². The fourth-order valence-electron chi connectivity index (χ4n) is 4.35. The summed E-state index contributed by atoms with van der Waals surface area (Å²) >= 11 is 0. The molecule has 4 nitrogen and oxygen atoms in total. The highest BCUT2D eigenvalue weighted by Gasteiger charge is 2.21. The van der Waals surface area contributed by atoms with E-state index in [0.29, 0.717) is 6.04 Å². The lowest BCUT2D eigenvalue weighted by Crippen LogP contribution is -2.07. The van der Waals surface area contributed by atoms with Gasteiger partial charge in [0.1, 0.15) is 5.65 Å². The van der Waals surface area contributed by atoms with E-state index in [0.717, 1.165) is 34.7 Å². The molecule has 0 fully saturated rings. The van der Waals surface area contributed by atoms with Crippen LogP contribution in [-0.2, 0) is 0 Å². The lowest BCUT2D eigenvalue weighted by Gasteiger charge is -2.14. The largest absolute Gasteiger partial charge is 0.330 e. The first-order valence-corrected chi connectivity index (χ1v) is 9.78. The van der Waals surface area contributed by atoms with Crippen molar-refractivity contribution < 1.29 is 0 Å². The van der Waals surface area contributed by atoms with Gasteiger partial charge in [-0.25, -0.2) is 4.98 Å². The SMILES string of the molecule is CCC(C)n1ccc2c(C)nc3c(-c4c(C)cc(C)cc4C)c(C)nn3c21. The standard InChI is InChI=1S/C23H28N4/c1-8-16(5)26-10-9-19-17(6)24-22-21(18(7)25-27(22)23(19)26)20-14(3)11-13(2)12-15(20)4/h9-12,16H,8H2,1-7H3. The number of aromatic nitrogens is 4. The topological polar surface area (TPSA) is 35.1 Å². The maximum absolute atomic E-state index is 4.99. The summed E-state index contributed by atoms with van der Waals surface area (Å²) in [5.41, 5.74) is 10.5. The molecule has 1 unspecified atom stereocenters. The molecule has 0 saturated carbocycles. The highest BCUT2D eigenvalue weighted by molar-refractivity contribution is 5.89. The van der Waals surface area contributed by atoms with Crippen LogP contribution in [0.25, 0.3) is 27.8 Å². The summed E-state index contributed by atoms with van der Waals surface area (Å²) in [6.45, 7) is 15.2. The predicted octanol–water partition coefficient (Wildman–Crippen LogP) is 5.86. The average molecular weight is 361 g/mol. The van der Waals surface area contributed by atoms with Crippen molar-refractivity contribution in [3.8, 4) is 11.1 Å². The van der Waals surface area contributed by atoms with Gasteiger partial charge in [-0.2, -0.15) is 9.61 Å². The van der Waals surface area contributed by atoms with Crippen molar-refractivity contribution in [3.05, 3.63) is 52.5 Å². The van der Waals surface area contributed by atoms with Gasteiger partial charge in [-0.05, 0) is 70.7 Å². The molecule has 0 bridgehead atoms. The first-order valence-electron chi connectivity index (χ1n) is 9.78. The van der Waals surface area contributed by atoms with Crippen LogP contribution < -0.4 is 0 Å². The molecule has 0 aliphatic heterocycles. The zero-order valence-electron chi connectivity index (χ0n) is 17.4. The molecule has 0 aliphatic rings. The molecule has 0 spiro atoms. The Morgan fingerprint density at radius 1 is 0.963 bits per heavy atom. The van der Waals surface area contributed by atoms with Crippen molar-refractivity contribution in [2.24, 2.45) is 0 Å². The zero-order valence-corrected chi connectivity index (χ0v) is 17.4. The summed E-state index contributed by atoms with van der Waals surface area (Å²) in [6, 6.07) is 7.09. The minimum atomic E-state index is 0.420. The summed E-state index contributed by atoms with van der Waals surface area (Å²) in [6.07, 6.45) is 3.25. The minimum absolute atomic E-state index is 0.420. The number of aryl methyl sites for hydroxylation is 5. The maximum Gasteiger partial charge on any atom is 0.165 e. The summed E-state index contributed by atoms with van der Waals surface area (Å²) in [5, 5.41) is 6.12. The van der Waals surface area contributed by atoms with Crippen molar-refractivity contribution >= 4 is 16.7 Å². The quantitative estimate of drug-likeness (QED) is 0.458. The second-order valence-electron chi connectivity index (χ2n) is 7.88. The Morgan fingerprint density at radius 3 is 2.26 bits per heavy atom. The maximum atomic E-state index is 4.99. The molecule has 0 aliphatic carbocycles. The van der Waals surface area contributed by atoms with Crippen LogP contribution in [0.4, 0.5) is 0 Å². The number of fused-ring (bicyclic) bond motifs is 3. The number of nitrogens with zero attached hydrogens (tertiary/aromatic N) is 4. The third-order valence-corrected chi connectivity index (χ3v) is 5.78. The molecule has 140 valence electrons. The van der Waals surface area contributed by atoms with Crippen LogP contribution in [0.3, 0.4) is 0 Å². The van der Waals surface area contributed by atoms with E-state index in [1.807, 2.05) is 0 Å². The molecule has 0 radical (unpaired) electrons. The van der Waals surface area contributed by atoms with E-state index >= 15 is 0 Å². The van der Waals surface area contributed by atoms with Gasteiger partial charge in [0.15, 0.2) is 5.65 Å². The Balaban J connectivity index is 2.14. The molecule has 4 aromatic rings. The third-order valence-electron chi connectivity index (χ3n) is 5.78. The van der Waals surface area contributed by atoms with Gasteiger partial charge in [0.05, 0.1) is 17.0 Å². The van der Waals surface area contributed by atoms with Gasteiger partial charge in [-0.1, -0.05) is 24.6 Å². The van der Waals surface area contributed by atoms with Crippen LogP contribution in [-0.4, -0.2) is 19.2 Å². The highest BCUT2D eigenvalue weighted by atomic mass is 15.3. The molecule has 0 amide bonds. The van der Waals surface area contributed by atoms with Crippen LogP contribution in [0.2, 0.25) is 0 Å². The summed E-state index contributed by atoms with van der Waals surface area (Å²) in [5.74, 6) is 0. The second kappa shape index (κ2) is 6.22. The van der Waals surface area contributed by atoms with Gasteiger partial charge >= 0.3 is 0 Å². The Hall–Kier alpha value is -2.62. The Labute approximate surface area is 160 Å². The molecule has 3 heterocycles. The van der Waals surface area contributed by atoms with Gasteiger partial charge < -0.3 is 4.57 Å². The lowest BCUT2D eigenvalue weighted by atomic mass is 9.94. The number of hydrogen-bond donors (Lipinski definition) is 0. The molecule has 4 heteroatoms. The zero-order chi connectivity index (χ0) is 19.5. The molecule has 0 N–H and O–H groups in total. The van der Waals surface area contributed by atoms with E-state index in [1.165, 1.54) is 27.6 Å². The summed E-state index contributed by atoms with van der Waals surface area (Å²) < 4.78 is 4.39. The van der Waals surface area contributed by atoms with Crippen molar-refractivity contribution in [1.82, 2.24) is 19.2 Å². The van der Waals surface area contributed by atoms with Gasteiger partial charge in [0, 0.05) is 17.6 Å². The van der Waals surface area contributed by atoms with Crippen LogP contribution in [0, 0.1) is 34.6 Å². The molecular weight excluding hydrogens is 332 g/mol. The second-order valence-corrected chi connectivity index (χ2v) is 7.88. The van der Waals surface area contributed by atoms with Gasteiger partial charge in [0.25, 0.3) is 0 Å². The first-order chi connectivity index (χ1) is 12.8. The highest BCUT2D eigenvalue weighted by Crippen LogP contribution is 2.35. The van der Waals surface area contributed by atoms with Crippen LogP contribution in [0.5, 0.6) is 0 Å². The molecule has 4 rings (SSSR count). The fraction of sp³-hybridized carbons (Fsp3) is 0.391. The number of hydrogen-bond acceptors (Lipinski definition) is 2. The fourth-order valence-corrected chi connectivity index (χ4v) is 4.35. The summed E-state index contributed by atoms with van der Waals surface area (Å²) in [7, 11) is 0. The van der Waals surface area contributed by atoms with E-state index in [2.05, 4.69) is 81.9 Å². The lowest BCUT2D eigenvalue weighted by molar-refractivity contribution is 0.541. The van der Waals surface area contributed by atoms with Crippen molar-refractivity contribution in [3.63, 3.8) is 0 Å². The smallest absolute Gasteiger partial charge is 0.165 e. The van der Waals surface area contributed by atoms with E-state index in [1.54, 1.807) is 0 Å². The first kappa shape index (κ1) is 17.8. The summed E-state index contributed by atoms with van der Waals surface area (Å²) in [4.78, 5) is 4.99. The van der Waals surface area contributed by atoms with Gasteiger partial charge in [-0.15, -0.1) is 0 Å². The molecule has 3 aromatic heterocycles. The van der Waals surface area contributed by atoms with E-state index in [4.69, 9.17) is 10.1 Å². The predicted molar refractivity (Wildman–Crippen MR) is 113 cm³/mol. The Morgan fingerprint density at radius 2 is 1.63 bits per heavy atom. The normalized spacial score (nSPS) is 13.0. The molecule has 1 aromatic carbocycles. The molecule has 0 saturated heterocycles. The van der Waals surface area contributed by atoms with Crippen molar-refractivity contribution in [1.29, 1.82) is 0 Å². The Bertz CT molecular complexity index is 1150. The van der Waals surface area contributed by atoms with Crippen LogP contribution in [0.15, 0.2) is 24.4 Å². The third kappa shape index (κ3) is 2.58. The van der Waals surface area contributed by atoms with E-state index in [9.17, 15) is 0 Å². The molecule has 1 atom stereocenters. The Kier molecular flexibility index (Phi) is 4.10. The van der Waals surface area contributed by atoms with Crippen LogP contribution >= 0.6 is 0 Å². The number of rotatable bonds is 3. The van der Waals surface area contributed by atoms with Crippen molar-refractivity contribution in [2.75, 3.05) is 0 Å². The van der Waals surface area contributed by atoms with Gasteiger partial charge in [0.2, 0.25) is 0 Å². The average Bonchev–Trinajstić information content (AvgIpc) is 3.17. The minimum Gasteiger partial charge on any atom is -0.330 e. The van der Waals surface area contributed by atoms with Crippen LogP contribution in [0.1, 0.15) is 54.4 Å².